The summed E-state index contributed by atoms with van der Waals surface area (Å²) in [5.41, 5.74) is 3.05. The number of hydrogen-bond acceptors (Lipinski definition) is 3. The zero-order valence-corrected chi connectivity index (χ0v) is 15.5. The number of benzene rings is 1. The average molecular weight is 367 g/mol. The smallest absolute Gasteiger partial charge is 0.272 e. The first-order chi connectivity index (χ1) is 11.4. The largest absolute Gasteiger partial charge is 0.343 e. The van der Waals surface area contributed by atoms with Crippen molar-refractivity contribution in [3.05, 3.63) is 52.6 Å². The number of aromatic nitrogens is 2. The van der Waals surface area contributed by atoms with Crippen molar-refractivity contribution in [3.63, 3.8) is 0 Å². The Morgan fingerprint density at radius 2 is 1.96 bits per heavy atom. The van der Waals surface area contributed by atoms with E-state index in [1.165, 1.54) is 12.1 Å². The minimum absolute atomic E-state index is 0. The molecule has 1 unspecified atom stereocenters. The Hall–Kier alpha value is -1.92. The predicted octanol–water partition coefficient (Wildman–Crippen LogP) is 3.13. The highest BCUT2D eigenvalue weighted by molar-refractivity contribution is 5.94. The van der Waals surface area contributed by atoms with Gasteiger partial charge in [0.2, 0.25) is 0 Å². The Bertz CT molecular complexity index is 737. The molecule has 2 heterocycles. The summed E-state index contributed by atoms with van der Waals surface area (Å²) in [5, 5.41) is 13.5. The fourth-order valence-corrected chi connectivity index (χ4v) is 3.07. The van der Waals surface area contributed by atoms with E-state index in [0.717, 1.165) is 29.8 Å². The Balaban J connectivity index is 0.00000225. The van der Waals surface area contributed by atoms with Crippen LogP contribution in [-0.4, -0.2) is 22.6 Å². The van der Waals surface area contributed by atoms with Crippen LogP contribution in [0.15, 0.2) is 24.3 Å². The molecule has 1 aliphatic rings. The number of fused-ring (bicyclic) bond motifs is 1. The summed E-state index contributed by atoms with van der Waals surface area (Å²) in [6.45, 7) is 7.66. The molecule has 0 saturated heterocycles. The van der Waals surface area contributed by atoms with Crippen molar-refractivity contribution < 1.29 is 9.18 Å². The molecule has 0 bridgehead atoms. The molecular weight excluding hydrogens is 343 g/mol. The van der Waals surface area contributed by atoms with Crippen LogP contribution in [0.2, 0.25) is 0 Å². The van der Waals surface area contributed by atoms with E-state index in [1.54, 1.807) is 12.1 Å². The van der Waals surface area contributed by atoms with Crippen LogP contribution in [0.1, 0.15) is 54.1 Å². The summed E-state index contributed by atoms with van der Waals surface area (Å²) in [5.74, 6) is -0.495. The van der Waals surface area contributed by atoms with E-state index in [-0.39, 0.29) is 35.6 Å². The number of amides is 1. The van der Waals surface area contributed by atoms with Crippen LogP contribution in [0, 0.1) is 11.2 Å². The number of hydrogen-bond donors (Lipinski definition) is 3. The summed E-state index contributed by atoms with van der Waals surface area (Å²) >= 11 is 0. The maximum absolute atomic E-state index is 13.2. The second-order valence-electron chi connectivity index (χ2n) is 7.28. The number of aromatic amines is 1. The number of nitrogens with zero attached hydrogens (tertiary/aromatic N) is 1. The molecule has 5 nitrogen and oxygen atoms in total. The molecule has 0 radical (unpaired) electrons. The van der Waals surface area contributed by atoms with Crippen LogP contribution in [0.3, 0.4) is 0 Å². The molecule has 1 aromatic carbocycles. The van der Waals surface area contributed by atoms with E-state index in [1.807, 2.05) is 20.8 Å². The number of carbonyl (C=O) groups excluding carboxylic acids is 1. The van der Waals surface area contributed by atoms with E-state index < -0.39 is 0 Å². The zero-order chi connectivity index (χ0) is 17.3. The highest BCUT2D eigenvalue weighted by Crippen LogP contribution is 2.33. The third-order valence-electron chi connectivity index (χ3n) is 4.37. The molecule has 3 rings (SSSR count). The lowest BCUT2D eigenvalue weighted by molar-refractivity contribution is 0.0895. The normalized spacial score (nSPS) is 15.0. The second kappa shape index (κ2) is 7.54. The highest BCUT2D eigenvalue weighted by Gasteiger charge is 2.30. The van der Waals surface area contributed by atoms with Gasteiger partial charge >= 0.3 is 0 Å². The molecule has 25 heavy (non-hydrogen) atoms. The van der Waals surface area contributed by atoms with Crippen LogP contribution in [-0.2, 0) is 13.0 Å². The molecule has 1 aliphatic heterocycles. The van der Waals surface area contributed by atoms with Gasteiger partial charge in [-0.3, -0.25) is 9.89 Å². The van der Waals surface area contributed by atoms with Crippen molar-refractivity contribution in [2.75, 3.05) is 6.54 Å². The van der Waals surface area contributed by atoms with Crippen LogP contribution in [0.25, 0.3) is 0 Å². The van der Waals surface area contributed by atoms with Crippen molar-refractivity contribution in [3.8, 4) is 0 Å². The van der Waals surface area contributed by atoms with Crippen molar-refractivity contribution in [2.45, 2.75) is 39.8 Å². The minimum Gasteiger partial charge on any atom is -0.343 e. The van der Waals surface area contributed by atoms with Gasteiger partial charge in [-0.05, 0) is 23.1 Å². The molecule has 136 valence electrons. The minimum atomic E-state index is -0.287. The first kappa shape index (κ1) is 19.4. The van der Waals surface area contributed by atoms with Gasteiger partial charge in [0.05, 0.1) is 6.04 Å². The number of H-pyrrole nitrogens is 1. The standard InChI is InChI=1S/C18H23FN4O.ClH/c1-18(2,3)16(11-4-6-12(19)7-5-11)21-17(24)15-13-10-20-9-8-14(13)22-23-15;/h4-7,16,20H,8-10H2,1-3H3,(H,21,24)(H,22,23);1H. The van der Waals surface area contributed by atoms with E-state index in [0.29, 0.717) is 12.2 Å². The molecule has 0 fully saturated rings. The van der Waals surface area contributed by atoms with Crippen LogP contribution in [0.4, 0.5) is 4.39 Å². The molecule has 3 N–H and O–H groups in total. The lowest BCUT2D eigenvalue weighted by Crippen LogP contribution is -2.37. The van der Waals surface area contributed by atoms with Crippen LogP contribution in [0.5, 0.6) is 0 Å². The fourth-order valence-electron chi connectivity index (χ4n) is 3.07. The SMILES string of the molecule is CC(C)(C)C(NC(=O)c1n[nH]c2c1CNCC2)c1ccc(F)cc1.Cl. The summed E-state index contributed by atoms with van der Waals surface area (Å²) in [4.78, 5) is 12.8. The number of nitrogens with one attached hydrogen (secondary N) is 3. The summed E-state index contributed by atoms with van der Waals surface area (Å²) in [7, 11) is 0. The summed E-state index contributed by atoms with van der Waals surface area (Å²) in [6, 6.07) is 6.02. The van der Waals surface area contributed by atoms with Crippen molar-refractivity contribution in [2.24, 2.45) is 5.41 Å². The Kier molecular flexibility index (Phi) is 5.85. The predicted molar refractivity (Wildman–Crippen MR) is 97.3 cm³/mol. The number of carbonyl (C=O) groups is 1. The maximum Gasteiger partial charge on any atom is 0.272 e. The monoisotopic (exact) mass is 366 g/mol. The average Bonchev–Trinajstić information content (AvgIpc) is 2.96. The van der Waals surface area contributed by atoms with Gasteiger partial charge < -0.3 is 10.6 Å². The van der Waals surface area contributed by atoms with E-state index in [9.17, 15) is 9.18 Å². The van der Waals surface area contributed by atoms with Gasteiger partial charge in [-0.25, -0.2) is 4.39 Å². The molecule has 0 saturated carbocycles. The quantitative estimate of drug-likeness (QED) is 0.781. The summed E-state index contributed by atoms with van der Waals surface area (Å²) < 4.78 is 13.2. The van der Waals surface area contributed by atoms with Crippen molar-refractivity contribution >= 4 is 18.3 Å². The second-order valence-corrected chi connectivity index (χ2v) is 7.28. The third kappa shape index (κ3) is 4.19. The van der Waals surface area contributed by atoms with Gasteiger partial charge in [0, 0.05) is 30.8 Å². The maximum atomic E-state index is 13.2. The van der Waals surface area contributed by atoms with E-state index in [2.05, 4.69) is 20.8 Å². The molecule has 1 amide bonds. The van der Waals surface area contributed by atoms with Gasteiger partial charge in [-0.1, -0.05) is 32.9 Å². The first-order valence-corrected chi connectivity index (χ1v) is 8.19. The van der Waals surface area contributed by atoms with Crippen molar-refractivity contribution in [1.82, 2.24) is 20.8 Å². The number of rotatable bonds is 3. The van der Waals surface area contributed by atoms with Gasteiger partial charge in [0.1, 0.15) is 5.82 Å². The van der Waals surface area contributed by atoms with Crippen LogP contribution < -0.4 is 10.6 Å². The fraction of sp³-hybridized carbons (Fsp3) is 0.444. The highest BCUT2D eigenvalue weighted by atomic mass is 35.5. The lowest BCUT2D eigenvalue weighted by atomic mass is 9.82. The molecule has 7 heteroatoms. The molecular formula is C18H24ClFN4O. The topological polar surface area (TPSA) is 69.8 Å². The molecule has 0 aliphatic carbocycles. The Labute approximate surface area is 153 Å². The molecule has 1 aromatic heterocycles. The molecule has 0 spiro atoms. The zero-order valence-electron chi connectivity index (χ0n) is 14.6. The Morgan fingerprint density at radius 3 is 2.60 bits per heavy atom. The number of halogens is 2. The van der Waals surface area contributed by atoms with Crippen molar-refractivity contribution in [1.29, 1.82) is 0 Å². The Morgan fingerprint density at radius 1 is 1.28 bits per heavy atom. The third-order valence-corrected chi connectivity index (χ3v) is 4.37. The molecule has 1 atom stereocenters. The molecule has 2 aromatic rings. The first-order valence-electron chi connectivity index (χ1n) is 8.19. The van der Waals surface area contributed by atoms with E-state index in [4.69, 9.17) is 0 Å². The van der Waals surface area contributed by atoms with Gasteiger partial charge in [-0.15, -0.1) is 12.4 Å². The summed E-state index contributed by atoms with van der Waals surface area (Å²) in [6.07, 6.45) is 0.844. The van der Waals surface area contributed by atoms with E-state index >= 15 is 0 Å². The van der Waals surface area contributed by atoms with Crippen LogP contribution >= 0.6 is 12.4 Å². The van der Waals surface area contributed by atoms with Gasteiger partial charge in [0.15, 0.2) is 5.69 Å². The van der Waals surface area contributed by atoms with Gasteiger partial charge in [-0.2, -0.15) is 5.10 Å². The van der Waals surface area contributed by atoms with Gasteiger partial charge in [0.25, 0.3) is 5.91 Å². The lowest BCUT2D eigenvalue weighted by Gasteiger charge is -2.32.